The molecule has 11 nitrogen and oxygen atoms in total. The van der Waals surface area contributed by atoms with Crippen molar-refractivity contribution >= 4 is 29.3 Å². The van der Waals surface area contributed by atoms with Crippen LogP contribution in [0, 0.1) is 0 Å². The number of anilines is 1. The first kappa shape index (κ1) is 23.2. The first-order chi connectivity index (χ1) is 16.8. The fourth-order valence-corrected chi connectivity index (χ4v) is 4.95. The van der Waals surface area contributed by atoms with Gasteiger partial charge in [0.05, 0.1) is 42.6 Å². The molecule has 0 bridgehead atoms. The Bertz CT molecular complexity index is 1180. The van der Waals surface area contributed by atoms with Crippen molar-refractivity contribution in [1.29, 1.82) is 0 Å². The minimum Gasteiger partial charge on any atom is -0.442 e. The summed E-state index contributed by atoms with van der Waals surface area (Å²) in [6.07, 6.45) is 2.12. The standard InChI is InChI=1S/C24H27N5O6/c1-13-10-28(11-14(2)34-13)12-20-26-9-15(35-20)8-25-17-5-3-4-16-21(17)24(33)29(23(16)32)18-6-7-19(30)27-22(18)31/h3-5,9,13-14,18,25H,6-8,10-12H2,1-2H3,(H,27,30,31)/t13-,14+,18?. The van der Waals surface area contributed by atoms with Gasteiger partial charge in [-0.2, -0.15) is 0 Å². The summed E-state index contributed by atoms with van der Waals surface area (Å²) in [6.45, 7) is 6.52. The SMILES string of the molecule is C[C@@H]1CN(Cc2ncc(CNc3cccc4c3C(=O)N(C3CCC(=O)NC3=O)C4=O)o2)C[C@H](C)O1. The van der Waals surface area contributed by atoms with E-state index in [1.807, 2.05) is 13.8 Å². The molecule has 4 amide bonds. The van der Waals surface area contributed by atoms with E-state index in [2.05, 4.69) is 20.5 Å². The molecule has 5 rings (SSSR count). The minimum absolute atomic E-state index is 0.0744. The summed E-state index contributed by atoms with van der Waals surface area (Å²) in [4.78, 5) is 57.5. The lowest BCUT2D eigenvalue weighted by Gasteiger charge is -2.34. The van der Waals surface area contributed by atoms with Crippen LogP contribution in [0.3, 0.4) is 0 Å². The molecular weight excluding hydrogens is 454 g/mol. The van der Waals surface area contributed by atoms with Crippen LogP contribution in [0.2, 0.25) is 0 Å². The largest absolute Gasteiger partial charge is 0.442 e. The van der Waals surface area contributed by atoms with E-state index in [-0.39, 0.29) is 42.7 Å². The Morgan fingerprint density at radius 3 is 2.63 bits per heavy atom. The number of carbonyl (C=O) groups excluding carboxylic acids is 4. The number of fused-ring (bicyclic) bond motifs is 1. The van der Waals surface area contributed by atoms with E-state index in [4.69, 9.17) is 9.15 Å². The van der Waals surface area contributed by atoms with Crippen LogP contribution in [-0.2, 0) is 27.4 Å². The van der Waals surface area contributed by atoms with Gasteiger partial charge >= 0.3 is 0 Å². The van der Waals surface area contributed by atoms with E-state index >= 15 is 0 Å². The van der Waals surface area contributed by atoms with Gasteiger partial charge in [-0.25, -0.2) is 4.98 Å². The highest BCUT2D eigenvalue weighted by atomic mass is 16.5. The molecule has 2 fully saturated rings. The van der Waals surface area contributed by atoms with Crippen molar-refractivity contribution in [2.45, 2.75) is 58.0 Å². The van der Waals surface area contributed by atoms with Gasteiger partial charge in [-0.05, 0) is 32.4 Å². The quantitative estimate of drug-likeness (QED) is 0.586. The maximum Gasteiger partial charge on any atom is 0.264 e. The van der Waals surface area contributed by atoms with Gasteiger partial charge in [0.25, 0.3) is 11.8 Å². The van der Waals surface area contributed by atoms with Crippen LogP contribution in [0.5, 0.6) is 0 Å². The number of rotatable bonds is 6. The Morgan fingerprint density at radius 1 is 1.11 bits per heavy atom. The van der Waals surface area contributed by atoms with E-state index in [9.17, 15) is 19.2 Å². The second-order valence-electron chi connectivity index (χ2n) is 9.20. The van der Waals surface area contributed by atoms with Gasteiger partial charge in [0.1, 0.15) is 11.8 Å². The first-order valence-electron chi connectivity index (χ1n) is 11.7. The molecule has 1 unspecified atom stereocenters. The van der Waals surface area contributed by atoms with E-state index in [0.717, 1.165) is 18.0 Å². The monoisotopic (exact) mass is 481 g/mol. The van der Waals surface area contributed by atoms with Crippen molar-refractivity contribution in [3.63, 3.8) is 0 Å². The summed E-state index contributed by atoms with van der Waals surface area (Å²) in [5.74, 6) is -0.962. The molecule has 184 valence electrons. The van der Waals surface area contributed by atoms with Gasteiger partial charge in [0.2, 0.25) is 17.7 Å². The van der Waals surface area contributed by atoms with Gasteiger partial charge in [0.15, 0.2) is 0 Å². The maximum absolute atomic E-state index is 13.2. The molecule has 4 heterocycles. The average molecular weight is 482 g/mol. The number of hydrogen-bond donors (Lipinski definition) is 2. The summed E-state index contributed by atoms with van der Waals surface area (Å²) < 4.78 is 11.6. The lowest BCUT2D eigenvalue weighted by molar-refractivity contribution is -0.136. The predicted octanol–water partition coefficient (Wildman–Crippen LogP) is 1.30. The van der Waals surface area contributed by atoms with E-state index in [1.165, 1.54) is 0 Å². The number of nitrogens with one attached hydrogen (secondary N) is 2. The summed E-state index contributed by atoms with van der Waals surface area (Å²) >= 11 is 0. The van der Waals surface area contributed by atoms with Crippen molar-refractivity contribution in [2.24, 2.45) is 0 Å². The van der Waals surface area contributed by atoms with Crippen molar-refractivity contribution in [3.05, 3.63) is 47.2 Å². The summed E-state index contributed by atoms with van der Waals surface area (Å²) in [6, 6.07) is 3.93. The van der Waals surface area contributed by atoms with Gasteiger partial charge in [0, 0.05) is 25.2 Å². The summed E-state index contributed by atoms with van der Waals surface area (Å²) in [7, 11) is 0. The van der Waals surface area contributed by atoms with Gasteiger partial charge in [-0.15, -0.1) is 0 Å². The molecule has 3 atom stereocenters. The van der Waals surface area contributed by atoms with E-state index < -0.39 is 29.7 Å². The third kappa shape index (κ3) is 4.56. The van der Waals surface area contributed by atoms with Crippen LogP contribution in [0.15, 0.2) is 28.8 Å². The summed E-state index contributed by atoms with van der Waals surface area (Å²) in [5, 5.41) is 5.37. The number of carbonyl (C=O) groups is 4. The fourth-order valence-electron chi connectivity index (χ4n) is 4.95. The number of aromatic nitrogens is 1. The number of oxazole rings is 1. The molecule has 2 N–H and O–H groups in total. The Hall–Kier alpha value is -3.57. The zero-order chi connectivity index (χ0) is 24.7. The Morgan fingerprint density at radius 2 is 1.89 bits per heavy atom. The highest BCUT2D eigenvalue weighted by Gasteiger charge is 2.45. The van der Waals surface area contributed by atoms with Crippen LogP contribution in [-0.4, -0.2) is 69.8 Å². The Balaban J connectivity index is 1.27. The third-order valence-corrected chi connectivity index (χ3v) is 6.38. The van der Waals surface area contributed by atoms with Gasteiger partial charge < -0.3 is 14.5 Å². The number of amides is 4. The average Bonchev–Trinajstić information content (AvgIpc) is 3.34. The van der Waals surface area contributed by atoms with Crippen LogP contribution in [0.4, 0.5) is 5.69 Å². The molecule has 35 heavy (non-hydrogen) atoms. The molecule has 0 saturated carbocycles. The van der Waals surface area contributed by atoms with E-state index in [1.54, 1.807) is 24.4 Å². The van der Waals surface area contributed by atoms with Crippen LogP contribution < -0.4 is 10.6 Å². The molecule has 1 aromatic carbocycles. The van der Waals surface area contributed by atoms with Crippen molar-refractivity contribution in [3.8, 4) is 0 Å². The molecule has 0 spiro atoms. The van der Waals surface area contributed by atoms with Crippen molar-refractivity contribution < 1.29 is 28.3 Å². The van der Waals surface area contributed by atoms with Crippen LogP contribution in [0.25, 0.3) is 0 Å². The number of ether oxygens (including phenoxy) is 1. The number of imide groups is 2. The topological polar surface area (TPSA) is 134 Å². The van der Waals surface area contributed by atoms with Crippen LogP contribution in [0.1, 0.15) is 59.1 Å². The predicted molar refractivity (Wildman–Crippen MR) is 122 cm³/mol. The zero-order valence-corrected chi connectivity index (χ0v) is 19.6. The molecule has 11 heteroatoms. The Kier molecular flexibility index (Phi) is 6.12. The van der Waals surface area contributed by atoms with Gasteiger partial charge in [-0.3, -0.25) is 34.3 Å². The second kappa shape index (κ2) is 9.23. The third-order valence-electron chi connectivity index (χ3n) is 6.38. The molecule has 0 radical (unpaired) electrons. The second-order valence-corrected chi connectivity index (χ2v) is 9.20. The normalized spacial score (nSPS) is 25.1. The molecule has 2 aromatic rings. The number of benzene rings is 1. The van der Waals surface area contributed by atoms with Crippen LogP contribution >= 0.6 is 0 Å². The smallest absolute Gasteiger partial charge is 0.264 e. The molecule has 3 aliphatic rings. The van der Waals surface area contributed by atoms with E-state index in [0.29, 0.717) is 23.9 Å². The molecule has 0 aliphatic carbocycles. The Labute approximate surface area is 201 Å². The lowest BCUT2D eigenvalue weighted by Crippen LogP contribution is -2.54. The first-order valence-corrected chi connectivity index (χ1v) is 11.7. The molecule has 1 aromatic heterocycles. The minimum atomic E-state index is -1.00. The molecule has 3 aliphatic heterocycles. The fraction of sp³-hybridized carbons (Fsp3) is 0.458. The lowest BCUT2D eigenvalue weighted by atomic mass is 10.0. The number of piperidine rings is 1. The van der Waals surface area contributed by atoms with Gasteiger partial charge in [-0.1, -0.05) is 6.07 Å². The van der Waals surface area contributed by atoms with Crippen molar-refractivity contribution in [1.82, 2.24) is 20.1 Å². The maximum atomic E-state index is 13.2. The molecular formula is C24H27N5O6. The molecule has 2 saturated heterocycles. The summed E-state index contributed by atoms with van der Waals surface area (Å²) in [5.41, 5.74) is 0.890. The number of morpholine rings is 1. The zero-order valence-electron chi connectivity index (χ0n) is 19.6. The highest BCUT2D eigenvalue weighted by Crippen LogP contribution is 2.32. The number of nitrogens with zero attached hydrogens (tertiary/aromatic N) is 3. The van der Waals surface area contributed by atoms with Crippen molar-refractivity contribution in [2.75, 3.05) is 18.4 Å². The highest BCUT2D eigenvalue weighted by molar-refractivity contribution is 6.25. The number of hydrogen-bond acceptors (Lipinski definition) is 9.